The Balaban J connectivity index is 1.19. The molecule has 0 amide bonds. The lowest BCUT2D eigenvalue weighted by Gasteiger charge is -2.07. The van der Waals surface area contributed by atoms with Gasteiger partial charge in [-0.05, 0) is 42.5 Å². The monoisotopic (exact) mass is 422 g/mol. The van der Waals surface area contributed by atoms with Crippen LogP contribution in [0.3, 0.4) is 0 Å². The molecule has 158 valence electrons. The molecular formula is C25H22N6O. The van der Waals surface area contributed by atoms with Crippen LogP contribution in [0.25, 0.3) is 22.2 Å². The van der Waals surface area contributed by atoms with Crippen LogP contribution >= 0.6 is 0 Å². The van der Waals surface area contributed by atoms with Gasteiger partial charge in [0.25, 0.3) is 0 Å². The fraction of sp³-hybridized carbons (Fsp3) is 0.160. The highest BCUT2D eigenvalue weighted by Gasteiger charge is 2.11. The minimum Gasteiger partial charge on any atom is -0.439 e. The van der Waals surface area contributed by atoms with Gasteiger partial charge < -0.3 is 20.4 Å². The van der Waals surface area contributed by atoms with Gasteiger partial charge in [0.05, 0.1) is 13.1 Å². The second-order valence-electron chi connectivity index (χ2n) is 7.81. The van der Waals surface area contributed by atoms with E-state index in [2.05, 4.69) is 54.9 Å². The molecule has 4 heterocycles. The number of H-pyrrole nitrogens is 1. The maximum atomic E-state index is 5.92. The number of hydrogen-bond donors (Lipinski definition) is 3. The first-order valence-electron chi connectivity index (χ1n) is 10.8. The Hall–Kier alpha value is -4.13. The summed E-state index contributed by atoms with van der Waals surface area (Å²) in [6.07, 6.45) is 1.83. The van der Waals surface area contributed by atoms with Gasteiger partial charge in [-0.1, -0.05) is 12.1 Å². The van der Waals surface area contributed by atoms with Gasteiger partial charge in [-0.3, -0.25) is 9.98 Å². The number of hydrogen-bond acceptors (Lipinski definition) is 6. The number of pyridine rings is 1. The van der Waals surface area contributed by atoms with Gasteiger partial charge >= 0.3 is 0 Å². The average Bonchev–Trinajstić information content (AvgIpc) is 3.61. The van der Waals surface area contributed by atoms with Crippen molar-refractivity contribution in [2.45, 2.75) is 0 Å². The second kappa shape index (κ2) is 7.85. The Morgan fingerprint density at radius 2 is 1.44 bits per heavy atom. The number of rotatable bonds is 5. The first-order chi connectivity index (χ1) is 15.8. The van der Waals surface area contributed by atoms with E-state index in [1.807, 2.05) is 42.6 Å². The van der Waals surface area contributed by atoms with Crippen LogP contribution in [0.2, 0.25) is 0 Å². The number of aliphatic imine (C=N–C) groups is 2. The lowest BCUT2D eigenvalue weighted by Crippen LogP contribution is -2.19. The van der Waals surface area contributed by atoms with Gasteiger partial charge in [0, 0.05) is 58.6 Å². The van der Waals surface area contributed by atoms with Crippen molar-refractivity contribution in [2.24, 2.45) is 9.98 Å². The van der Waals surface area contributed by atoms with Gasteiger partial charge in [0.15, 0.2) is 0 Å². The number of fused-ring (bicyclic) bond motifs is 1. The summed E-state index contributed by atoms with van der Waals surface area (Å²) in [6, 6.07) is 20.3. The van der Waals surface area contributed by atoms with Crippen molar-refractivity contribution in [2.75, 3.05) is 26.2 Å². The number of aromatic amines is 1. The van der Waals surface area contributed by atoms with Crippen molar-refractivity contribution in [3.05, 3.63) is 78.0 Å². The highest BCUT2D eigenvalue weighted by atomic mass is 16.5. The predicted octanol–water partition coefficient (Wildman–Crippen LogP) is 3.72. The van der Waals surface area contributed by atoms with Crippen molar-refractivity contribution in [1.29, 1.82) is 0 Å². The van der Waals surface area contributed by atoms with Crippen LogP contribution in [-0.4, -0.2) is 47.8 Å². The molecule has 2 aromatic carbocycles. The molecule has 0 aliphatic carbocycles. The predicted molar refractivity (Wildman–Crippen MR) is 127 cm³/mol. The zero-order valence-corrected chi connectivity index (χ0v) is 17.4. The third-order valence-corrected chi connectivity index (χ3v) is 5.64. The molecule has 0 unspecified atom stereocenters. The normalized spacial score (nSPS) is 15.2. The summed E-state index contributed by atoms with van der Waals surface area (Å²) in [4.78, 5) is 16.9. The van der Waals surface area contributed by atoms with E-state index < -0.39 is 0 Å². The molecule has 3 N–H and O–H groups in total. The molecule has 0 fully saturated rings. The average molecular weight is 422 g/mol. The molecule has 0 spiro atoms. The van der Waals surface area contributed by atoms with Gasteiger partial charge in [-0.25, -0.2) is 4.98 Å². The first-order valence-corrected chi connectivity index (χ1v) is 10.8. The number of benzene rings is 2. The van der Waals surface area contributed by atoms with Gasteiger partial charge in [-0.2, -0.15) is 0 Å². The fourth-order valence-electron chi connectivity index (χ4n) is 4.01. The van der Waals surface area contributed by atoms with E-state index in [4.69, 9.17) is 4.74 Å². The minimum atomic E-state index is 0.557. The van der Waals surface area contributed by atoms with Crippen molar-refractivity contribution in [3.8, 4) is 22.9 Å². The summed E-state index contributed by atoms with van der Waals surface area (Å²) < 4.78 is 5.92. The third-order valence-electron chi connectivity index (χ3n) is 5.64. The lowest BCUT2D eigenvalue weighted by molar-refractivity contribution is 0.463. The molecule has 2 aromatic heterocycles. The highest BCUT2D eigenvalue weighted by molar-refractivity contribution is 6.03. The number of nitrogens with zero attached hydrogens (tertiary/aromatic N) is 3. The molecule has 7 nitrogen and oxygen atoms in total. The van der Waals surface area contributed by atoms with E-state index in [0.29, 0.717) is 5.88 Å². The van der Waals surface area contributed by atoms with Crippen molar-refractivity contribution < 1.29 is 4.74 Å². The Labute approximate surface area is 185 Å². The summed E-state index contributed by atoms with van der Waals surface area (Å²) in [5.41, 5.74) is 5.28. The molecule has 0 atom stereocenters. The first kappa shape index (κ1) is 18.6. The Kier molecular flexibility index (Phi) is 4.57. The van der Waals surface area contributed by atoms with Crippen LogP contribution in [0.4, 0.5) is 0 Å². The topological polar surface area (TPSA) is 86.7 Å². The van der Waals surface area contributed by atoms with Crippen LogP contribution in [0.1, 0.15) is 11.1 Å². The summed E-state index contributed by atoms with van der Waals surface area (Å²) >= 11 is 0. The van der Waals surface area contributed by atoms with Crippen molar-refractivity contribution in [1.82, 2.24) is 20.6 Å². The quantitative estimate of drug-likeness (QED) is 0.458. The molecule has 0 radical (unpaired) electrons. The van der Waals surface area contributed by atoms with Crippen molar-refractivity contribution >= 4 is 22.6 Å². The summed E-state index contributed by atoms with van der Waals surface area (Å²) in [5, 5.41) is 7.75. The van der Waals surface area contributed by atoms with Crippen LogP contribution < -0.4 is 15.4 Å². The van der Waals surface area contributed by atoms with Gasteiger partial charge in [-0.15, -0.1) is 0 Å². The van der Waals surface area contributed by atoms with Gasteiger partial charge in [0.2, 0.25) is 5.88 Å². The SMILES string of the molecule is c1cc(C2=NCCN2)ccc1Oc1ccc(-c2cc3ccc(C4=NCCN4)cc3[nH]2)cn1. The highest BCUT2D eigenvalue weighted by Crippen LogP contribution is 2.27. The maximum absolute atomic E-state index is 5.92. The largest absolute Gasteiger partial charge is 0.439 e. The Morgan fingerprint density at radius 3 is 2.12 bits per heavy atom. The van der Waals surface area contributed by atoms with Crippen LogP contribution in [0.5, 0.6) is 11.6 Å². The number of amidine groups is 2. The van der Waals surface area contributed by atoms with E-state index in [0.717, 1.165) is 76.9 Å². The van der Waals surface area contributed by atoms with Gasteiger partial charge in [0.1, 0.15) is 17.4 Å². The molecule has 2 aliphatic heterocycles. The Morgan fingerprint density at radius 1 is 0.719 bits per heavy atom. The zero-order valence-electron chi connectivity index (χ0n) is 17.4. The second-order valence-corrected chi connectivity index (χ2v) is 7.81. The molecule has 4 aromatic rings. The standard InChI is InChI=1S/C25H22N6O/c1-2-18(25-28-11-12-29-25)14-21-17(1)13-22(31-21)19-5-8-23(30-15-19)32-20-6-3-16(4-7-20)24-26-9-10-27-24/h1-8,13-15,31H,9-12H2,(H,26,27)(H,28,29). The minimum absolute atomic E-state index is 0.557. The molecule has 0 bridgehead atoms. The van der Waals surface area contributed by atoms with E-state index in [-0.39, 0.29) is 0 Å². The fourth-order valence-corrected chi connectivity index (χ4v) is 4.01. The van der Waals surface area contributed by atoms with E-state index in [9.17, 15) is 0 Å². The summed E-state index contributed by atoms with van der Waals surface area (Å²) in [7, 11) is 0. The van der Waals surface area contributed by atoms with E-state index >= 15 is 0 Å². The summed E-state index contributed by atoms with van der Waals surface area (Å²) in [6.45, 7) is 3.46. The molecular weight excluding hydrogens is 400 g/mol. The number of ether oxygens (including phenoxy) is 1. The lowest BCUT2D eigenvalue weighted by atomic mass is 10.1. The van der Waals surface area contributed by atoms with E-state index in [1.54, 1.807) is 0 Å². The van der Waals surface area contributed by atoms with Crippen LogP contribution in [0, 0.1) is 0 Å². The maximum Gasteiger partial charge on any atom is 0.219 e. The third kappa shape index (κ3) is 3.58. The molecule has 32 heavy (non-hydrogen) atoms. The molecule has 6 rings (SSSR count). The molecule has 0 saturated heterocycles. The molecule has 7 heteroatoms. The zero-order chi connectivity index (χ0) is 21.3. The number of aromatic nitrogens is 2. The van der Waals surface area contributed by atoms with E-state index in [1.165, 1.54) is 0 Å². The van der Waals surface area contributed by atoms with Crippen molar-refractivity contribution in [3.63, 3.8) is 0 Å². The summed E-state index contributed by atoms with van der Waals surface area (Å²) in [5.74, 6) is 3.21. The number of nitrogens with one attached hydrogen (secondary N) is 3. The molecule has 0 saturated carbocycles. The van der Waals surface area contributed by atoms with Crippen LogP contribution in [-0.2, 0) is 0 Å². The Bertz CT molecular complexity index is 1340. The molecule has 2 aliphatic rings. The van der Waals surface area contributed by atoms with Crippen LogP contribution in [0.15, 0.2) is 76.8 Å². The smallest absolute Gasteiger partial charge is 0.219 e.